The summed E-state index contributed by atoms with van der Waals surface area (Å²) >= 11 is 6.33. The number of hydrogen-bond acceptors (Lipinski definition) is 4. The highest BCUT2D eigenvalue weighted by Crippen LogP contribution is 2.25. The monoisotopic (exact) mass is 430 g/mol. The van der Waals surface area contributed by atoms with Crippen LogP contribution in [0.25, 0.3) is 0 Å². The molecular weight excluding hydrogens is 404 g/mol. The van der Waals surface area contributed by atoms with Crippen LogP contribution in [0.1, 0.15) is 22.0 Å². The molecule has 3 rings (SSSR count). The number of para-hydroxylation sites is 1. The molecule has 2 N–H and O–H groups in total. The standard InChI is InChI=1S/C22H27ClN4O3/c1-26(2)20(16-7-3-5-9-18(16)23)15-24-22(29)25-19-10-6-4-8-17(19)21(28)27-11-13-30-14-12-27/h3-10,20H,11-15H2,1-2H3,(H2,24,25,29). The molecule has 30 heavy (non-hydrogen) atoms. The summed E-state index contributed by atoms with van der Waals surface area (Å²) in [6.07, 6.45) is 0. The number of urea groups is 1. The zero-order valence-corrected chi connectivity index (χ0v) is 18.0. The number of rotatable bonds is 6. The Morgan fingerprint density at radius 2 is 1.77 bits per heavy atom. The Labute approximate surface area is 181 Å². The van der Waals surface area contributed by atoms with E-state index in [0.717, 1.165) is 5.56 Å². The summed E-state index contributed by atoms with van der Waals surface area (Å²) in [5, 5.41) is 6.35. The molecule has 0 aliphatic carbocycles. The summed E-state index contributed by atoms with van der Waals surface area (Å²) in [4.78, 5) is 29.2. The Bertz CT molecular complexity index is 884. The number of benzene rings is 2. The number of likely N-dealkylation sites (N-methyl/N-ethyl adjacent to an activating group) is 1. The molecule has 3 amide bonds. The Hall–Kier alpha value is -2.61. The Kier molecular flexibility index (Phi) is 7.68. The highest BCUT2D eigenvalue weighted by atomic mass is 35.5. The summed E-state index contributed by atoms with van der Waals surface area (Å²) in [5.74, 6) is -0.114. The van der Waals surface area contributed by atoms with Crippen LogP contribution in [0.15, 0.2) is 48.5 Å². The number of ether oxygens (including phenoxy) is 1. The first-order chi connectivity index (χ1) is 14.5. The largest absolute Gasteiger partial charge is 0.378 e. The van der Waals surface area contributed by atoms with Gasteiger partial charge in [-0.2, -0.15) is 0 Å². The van der Waals surface area contributed by atoms with E-state index >= 15 is 0 Å². The first kappa shape index (κ1) is 22.1. The van der Waals surface area contributed by atoms with Crippen LogP contribution >= 0.6 is 11.6 Å². The number of carbonyl (C=O) groups is 2. The van der Waals surface area contributed by atoms with Crippen molar-refractivity contribution < 1.29 is 14.3 Å². The Balaban J connectivity index is 1.66. The van der Waals surface area contributed by atoms with Crippen molar-refractivity contribution in [1.82, 2.24) is 15.1 Å². The maximum Gasteiger partial charge on any atom is 0.319 e. The van der Waals surface area contributed by atoms with Crippen molar-refractivity contribution in [2.75, 3.05) is 52.3 Å². The van der Waals surface area contributed by atoms with E-state index in [1.807, 2.05) is 43.3 Å². The molecule has 0 spiro atoms. The second-order valence-electron chi connectivity index (χ2n) is 7.29. The molecule has 1 fully saturated rings. The number of hydrogen-bond donors (Lipinski definition) is 2. The molecule has 1 aliphatic rings. The fourth-order valence-electron chi connectivity index (χ4n) is 3.39. The molecule has 0 saturated carbocycles. The number of nitrogens with zero attached hydrogens (tertiary/aromatic N) is 2. The van der Waals surface area contributed by atoms with Gasteiger partial charge in [-0.1, -0.05) is 41.9 Å². The van der Waals surface area contributed by atoms with Crippen molar-refractivity contribution in [3.63, 3.8) is 0 Å². The lowest BCUT2D eigenvalue weighted by Crippen LogP contribution is -2.41. The van der Waals surface area contributed by atoms with Crippen molar-refractivity contribution in [3.05, 3.63) is 64.7 Å². The van der Waals surface area contributed by atoms with E-state index in [9.17, 15) is 9.59 Å². The van der Waals surface area contributed by atoms with Crippen LogP contribution in [0.3, 0.4) is 0 Å². The highest BCUT2D eigenvalue weighted by Gasteiger charge is 2.22. The van der Waals surface area contributed by atoms with E-state index in [1.54, 1.807) is 29.2 Å². The molecule has 1 heterocycles. The molecule has 1 saturated heterocycles. The normalized spacial score (nSPS) is 15.0. The van der Waals surface area contributed by atoms with Gasteiger partial charge in [-0.3, -0.25) is 4.79 Å². The minimum absolute atomic E-state index is 0.0883. The predicted octanol–water partition coefficient (Wildman–Crippen LogP) is 3.24. The van der Waals surface area contributed by atoms with Gasteiger partial charge in [0.25, 0.3) is 5.91 Å². The van der Waals surface area contributed by atoms with Crippen LogP contribution in [0.2, 0.25) is 5.02 Å². The molecule has 160 valence electrons. The van der Waals surface area contributed by atoms with Crippen molar-refractivity contribution in [2.45, 2.75) is 6.04 Å². The SMILES string of the molecule is CN(C)C(CNC(=O)Nc1ccccc1C(=O)N1CCOCC1)c1ccccc1Cl. The van der Waals surface area contributed by atoms with Gasteiger partial charge in [-0.05, 0) is 37.9 Å². The van der Waals surface area contributed by atoms with Crippen LogP contribution in [-0.2, 0) is 4.74 Å². The third-order valence-electron chi connectivity index (χ3n) is 5.05. The second kappa shape index (κ2) is 10.4. The molecule has 0 aromatic heterocycles. The molecular formula is C22H27ClN4O3. The number of morpholine rings is 1. The molecule has 2 aromatic rings. The third-order valence-corrected chi connectivity index (χ3v) is 5.39. The van der Waals surface area contributed by atoms with E-state index in [0.29, 0.717) is 49.1 Å². The van der Waals surface area contributed by atoms with E-state index in [1.165, 1.54) is 0 Å². The summed E-state index contributed by atoms with van der Waals surface area (Å²) < 4.78 is 5.31. The lowest BCUT2D eigenvalue weighted by molar-refractivity contribution is 0.0303. The minimum atomic E-state index is -0.379. The fraction of sp³-hybridized carbons (Fsp3) is 0.364. The molecule has 8 heteroatoms. The van der Waals surface area contributed by atoms with Crippen molar-refractivity contribution in [1.29, 1.82) is 0 Å². The average Bonchev–Trinajstić information content (AvgIpc) is 2.75. The van der Waals surface area contributed by atoms with Gasteiger partial charge in [-0.15, -0.1) is 0 Å². The first-order valence-corrected chi connectivity index (χ1v) is 10.3. The molecule has 1 unspecified atom stereocenters. The molecule has 1 aliphatic heterocycles. The van der Waals surface area contributed by atoms with E-state index in [2.05, 4.69) is 10.6 Å². The maximum atomic E-state index is 12.9. The summed E-state index contributed by atoms with van der Waals surface area (Å²) in [5.41, 5.74) is 1.88. The minimum Gasteiger partial charge on any atom is -0.378 e. The molecule has 2 aromatic carbocycles. The van der Waals surface area contributed by atoms with Crippen molar-refractivity contribution in [3.8, 4) is 0 Å². The number of amides is 3. The van der Waals surface area contributed by atoms with Gasteiger partial charge in [0.05, 0.1) is 30.5 Å². The van der Waals surface area contributed by atoms with Gasteiger partial charge < -0.3 is 25.2 Å². The van der Waals surface area contributed by atoms with Gasteiger partial charge in [0.1, 0.15) is 0 Å². The smallest absolute Gasteiger partial charge is 0.319 e. The van der Waals surface area contributed by atoms with Gasteiger partial charge in [0.2, 0.25) is 0 Å². The first-order valence-electron chi connectivity index (χ1n) is 9.89. The van der Waals surface area contributed by atoms with Crippen LogP contribution in [-0.4, -0.2) is 68.7 Å². The Morgan fingerprint density at radius 1 is 1.10 bits per heavy atom. The predicted molar refractivity (Wildman–Crippen MR) is 118 cm³/mol. The van der Waals surface area contributed by atoms with Gasteiger partial charge in [0, 0.05) is 24.7 Å². The summed E-state index contributed by atoms with van der Waals surface area (Å²) in [6, 6.07) is 14.1. The molecule has 1 atom stereocenters. The molecule has 0 radical (unpaired) electrons. The average molecular weight is 431 g/mol. The van der Waals surface area contributed by atoms with Crippen molar-refractivity contribution >= 4 is 29.2 Å². The molecule has 0 bridgehead atoms. The quantitative estimate of drug-likeness (QED) is 0.737. The third kappa shape index (κ3) is 5.50. The van der Waals surface area contributed by atoms with E-state index < -0.39 is 0 Å². The van der Waals surface area contributed by atoms with Gasteiger partial charge >= 0.3 is 6.03 Å². The van der Waals surface area contributed by atoms with Crippen LogP contribution in [0.5, 0.6) is 0 Å². The lowest BCUT2D eigenvalue weighted by Gasteiger charge is -2.28. The zero-order chi connectivity index (χ0) is 21.5. The van der Waals surface area contributed by atoms with Crippen LogP contribution in [0, 0.1) is 0 Å². The van der Waals surface area contributed by atoms with E-state index in [4.69, 9.17) is 16.3 Å². The number of nitrogens with one attached hydrogen (secondary N) is 2. The molecule has 7 nitrogen and oxygen atoms in total. The highest BCUT2D eigenvalue weighted by molar-refractivity contribution is 6.31. The Morgan fingerprint density at radius 3 is 2.47 bits per heavy atom. The van der Waals surface area contributed by atoms with E-state index in [-0.39, 0.29) is 18.0 Å². The summed E-state index contributed by atoms with van der Waals surface area (Å²) in [6.45, 7) is 2.50. The van der Waals surface area contributed by atoms with Gasteiger partial charge in [-0.25, -0.2) is 4.79 Å². The van der Waals surface area contributed by atoms with Gasteiger partial charge in [0.15, 0.2) is 0 Å². The topological polar surface area (TPSA) is 73.9 Å². The second-order valence-corrected chi connectivity index (χ2v) is 7.69. The maximum absolute atomic E-state index is 12.9. The number of carbonyl (C=O) groups excluding carboxylic acids is 2. The van der Waals surface area contributed by atoms with Crippen LogP contribution < -0.4 is 10.6 Å². The lowest BCUT2D eigenvalue weighted by atomic mass is 10.1. The van der Waals surface area contributed by atoms with Crippen molar-refractivity contribution in [2.24, 2.45) is 0 Å². The summed E-state index contributed by atoms with van der Waals surface area (Å²) in [7, 11) is 3.87. The number of anilines is 1. The number of halogens is 1. The van der Waals surface area contributed by atoms with Crippen LogP contribution in [0.4, 0.5) is 10.5 Å². The zero-order valence-electron chi connectivity index (χ0n) is 17.2. The fourth-order valence-corrected chi connectivity index (χ4v) is 3.65.